The lowest BCUT2D eigenvalue weighted by molar-refractivity contribution is -0.142. The van der Waals surface area contributed by atoms with Crippen LogP contribution in [0.2, 0.25) is 0 Å². The summed E-state index contributed by atoms with van der Waals surface area (Å²) >= 11 is 31.5. The van der Waals surface area contributed by atoms with E-state index in [2.05, 4.69) is 6.92 Å². The number of hydrogen-bond acceptors (Lipinski definition) is 1. The molecule has 2 nitrogen and oxygen atoms in total. The maximum absolute atomic E-state index is 11.2. The first-order valence-corrected chi connectivity index (χ1v) is 11.8. The molecule has 0 bridgehead atoms. The van der Waals surface area contributed by atoms with Crippen LogP contribution < -0.4 is 0 Å². The molecule has 26 heavy (non-hydrogen) atoms. The number of rotatable bonds is 16. The monoisotopic (exact) mass is 468 g/mol. The van der Waals surface area contributed by atoms with Gasteiger partial charge in [-0.1, -0.05) is 26.7 Å². The molecule has 0 amide bonds. The highest BCUT2D eigenvalue weighted by molar-refractivity contribution is 6.30. The first-order valence-electron chi connectivity index (χ1n) is 9.64. The van der Waals surface area contributed by atoms with Crippen molar-refractivity contribution >= 4 is 64.0 Å². The van der Waals surface area contributed by atoms with Crippen molar-refractivity contribution in [3.05, 3.63) is 0 Å². The van der Waals surface area contributed by atoms with E-state index in [0.29, 0.717) is 25.7 Å². The van der Waals surface area contributed by atoms with Crippen LogP contribution in [0.4, 0.5) is 0 Å². The Hall–Kier alpha value is 0.920. The molecule has 6 unspecified atom stereocenters. The van der Waals surface area contributed by atoms with Gasteiger partial charge in [0.2, 0.25) is 0 Å². The van der Waals surface area contributed by atoms with Crippen molar-refractivity contribution in [3.63, 3.8) is 0 Å². The van der Waals surface area contributed by atoms with Crippen LogP contribution in [0.1, 0.15) is 78.1 Å². The van der Waals surface area contributed by atoms with Crippen LogP contribution >= 0.6 is 58.0 Å². The van der Waals surface area contributed by atoms with Crippen LogP contribution in [-0.2, 0) is 4.79 Å². The number of hydrogen-bond donors (Lipinski definition) is 1. The Balaban J connectivity index is 4.03. The second-order valence-corrected chi connectivity index (χ2v) is 10.0. The number of aliphatic carboxylic acids is 1. The molecule has 0 fully saturated rings. The molecule has 7 heteroatoms. The summed E-state index contributed by atoms with van der Waals surface area (Å²) in [4.78, 5) is 11.2. The summed E-state index contributed by atoms with van der Waals surface area (Å²) in [6.07, 6.45) is 7.68. The summed E-state index contributed by atoms with van der Waals surface area (Å²) in [5.74, 6) is -1.15. The number of alkyl halides is 5. The number of carboxylic acid groups (broad SMARTS) is 1. The Labute approximate surface area is 184 Å². The van der Waals surface area contributed by atoms with Gasteiger partial charge >= 0.3 is 5.97 Å². The molecule has 0 saturated heterocycles. The van der Waals surface area contributed by atoms with Crippen molar-refractivity contribution in [2.24, 2.45) is 5.92 Å². The maximum Gasteiger partial charge on any atom is 0.306 e. The van der Waals surface area contributed by atoms with Crippen LogP contribution in [0.25, 0.3) is 0 Å². The second kappa shape index (κ2) is 15.8. The van der Waals surface area contributed by atoms with Gasteiger partial charge in [0, 0.05) is 26.9 Å². The Morgan fingerprint density at radius 3 is 1.88 bits per heavy atom. The zero-order chi connectivity index (χ0) is 20.1. The quantitative estimate of drug-likeness (QED) is 0.235. The summed E-state index contributed by atoms with van der Waals surface area (Å²) in [7, 11) is 0. The van der Waals surface area contributed by atoms with E-state index in [9.17, 15) is 9.90 Å². The molecule has 0 radical (unpaired) electrons. The highest BCUT2D eigenvalue weighted by Gasteiger charge is 2.23. The fraction of sp³-hybridized carbons (Fsp3) is 0.947. The number of halogens is 5. The summed E-state index contributed by atoms with van der Waals surface area (Å²) in [5, 5.41) is 8.93. The standard InChI is InChI=1S/C19H33Cl5O2/c1-3-6-13(19(25)26)11-16(22)9-10-18(24)17(23)8-5-7-15(21)12-14(20)4-2/h13-18H,3-12H2,1-2H3,(H,25,26). The third kappa shape index (κ3) is 13.2. The Morgan fingerprint density at radius 1 is 0.769 bits per heavy atom. The molecular weight excluding hydrogens is 437 g/mol. The second-order valence-electron chi connectivity index (χ2n) is 7.04. The molecule has 0 aromatic rings. The molecule has 0 spiro atoms. The van der Waals surface area contributed by atoms with Gasteiger partial charge < -0.3 is 5.11 Å². The zero-order valence-corrected chi connectivity index (χ0v) is 19.6. The van der Waals surface area contributed by atoms with Gasteiger partial charge in [-0.05, 0) is 51.4 Å². The third-order valence-corrected chi connectivity index (χ3v) is 7.08. The van der Waals surface area contributed by atoms with Crippen LogP contribution in [0.3, 0.4) is 0 Å². The molecule has 0 aromatic heterocycles. The average Bonchev–Trinajstić information content (AvgIpc) is 2.58. The van der Waals surface area contributed by atoms with E-state index in [4.69, 9.17) is 58.0 Å². The SMILES string of the molecule is CCCC(CC(Cl)CCC(Cl)C(Cl)CCCC(Cl)CC(Cl)CC)C(=O)O. The molecule has 156 valence electrons. The van der Waals surface area contributed by atoms with Crippen molar-refractivity contribution in [2.45, 2.75) is 105 Å². The fourth-order valence-electron chi connectivity index (χ4n) is 2.92. The molecule has 0 heterocycles. The molecule has 0 aliphatic carbocycles. The van der Waals surface area contributed by atoms with Gasteiger partial charge in [0.15, 0.2) is 0 Å². The maximum atomic E-state index is 11.2. The minimum Gasteiger partial charge on any atom is -0.481 e. The highest BCUT2D eigenvalue weighted by Crippen LogP contribution is 2.27. The van der Waals surface area contributed by atoms with Crippen molar-refractivity contribution in [1.82, 2.24) is 0 Å². The minimum atomic E-state index is -0.770. The lowest BCUT2D eigenvalue weighted by Crippen LogP contribution is -2.21. The van der Waals surface area contributed by atoms with Crippen molar-refractivity contribution in [2.75, 3.05) is 0 Å². The van der Waals surface area contributed by atoms with Crippen molar-refractivity contribution in [1.29, 1.82) is 0 Å². The normalized spacial score (nSPS) is 18.7. The first kappa shape index (κ1) is 26.9. The molecule has 0 aliphatic heterocycles. The van der Waals surface area contributed by atoms with Gasteiger partial charge in [-0.3, -0.25) is 4.79 Å². The Morgan fingerprint density at radius 2 is 1.35 bits per heavy atom. The van der Waals surface area contributed by atoms with Crippen LogP contribution in [0, 0.1) is 5.92 Å². The molecular formula is C19H33Cl5O2. The Kier molecular flexibility index (Phi) is 16.4. The molecule has 0 aliphatic rings. The predicted octanol–water partition coefficient (Wildman–Crippen LogP) is 7.67. The van der Waals surface area contributed by atoms with Crippen LogP contribution in [0.15, 0.2) is 0 Å². The van der Waals surface area contributed by atoms with Gasteiger partial charge in [0.05, 0.1) is 5.92 Å². The van der Waals surface area contributed by atoms with Gasteiger partial charge in [-0.25, -0.2) is 0 Å². The predicted molar refractivity (Wildman–Crippen MR) is 117 cm³/mol. The lowest BCUT2D eigenvalue weighted by Gasteiger charge is -2.20. The lowest BCUT2D eigenvalue weighted by atomic mass is 9.95. The van der Waals surface area contributed by atoms with E-state index in [-0.39, 0.29) is 32.8 Å². The number of carbonyl (C=O) groups is 1. The topological polar surface area (TPSA) is 37.3 Å². The zero-order valence-electron chi connectivity index (χ0n) is 15.8. The third-order valence-electron chi connectivity index (χ3n) is 4.63. The summed E-state index contributed by atoms with van der Waals surface area (Å²) < 4.78 is 0. The van der Waals surface area contributed by atoms with Gasteiger partial charge in [-0.2, -0.15) is 0 Å². The van der Waals surface area contributed by atoms with E-state index in [1.807, 2.05) is 6.92 Å². The first-order chi connectivity index (χ1) is 12.2. The van der Waals surface area contributed by atoms with Crippen LogP contribution in [-0.4, -0.2) is 38.0 Å². The van der Waals surface area contributed by atoms with Crippen molar-refractivity contribution < 1.29 is 9.90 Å². The summed E-state index contributed by atoms with van der Waals surface area (Å²) in [6, 6.07) is 0. The minimum absolute atomic E-state index is 0.0776. The molecule has 0 saturated carbocycles. The molecule has 6 atom stereocenters. The molecule has 0 aromatic carbocycles. The largest absolute Gasteiger partial charge is 0.481 e. The highest BCUT2D eigenvalue weighted by atomic mass is 35.5. The van der Waals surface area contributed by atoms with E-state index < -0.39 is 5.97 Å². The van der Waals surface area contributed by atoms with Crippen molar-refractivity contribution in [3.8, 4) is 0 Å². The molecule has 0 rings (SSSR count). The molecule has 1 N–H and O–H groups in total. The summed E-state index contributed by atoms with van der Waals surface area (Å²) in [6.45, 7) is 4.03. The number of carboxylic acids is 1. The summed E-state index contributed by atoms with van der Waals surface area (Å²) in [5.41, 5.74) is 0. The fourth-order valence-corrected chi connectivity index (χ4v) is 4.46. The van der Waals surface area contributed by atoms with E-state index in [0.717, 1.165) is 38.5 Å². The van der Waals surface area contributed by atoms with Gasteiger partial charge in [0.25, 0.3) is 0 Å². The van der Waals surface area contributed by atoms with E-state index in [1.54, 1.807) is 0 Å². The van der Waals surface area contributed by atoms with E-state index in [1.165, 1.54) is 0 Å². The van der Waals surface area contributed by atoms with Crippen LogP contribution in [0.5, 0.6) is 0 Å². The smallest absolute Gasteiger partial charge is 0.306 e. The van der Waals surface area contributed by atoms with E-state index >= 15 is 0 Å². The Bertz CT molecular complexity index is 370. The average molecular weight is 471 g/mol. The van der Waals surface area contributed by atoms with Gasteiger partial charge in [0.1, 0.15) is 0 Å². The van der Waals surface area contributed by atoms with Gasteiger partial charge in [-0.15, -0.1) is 58.0 Å².